The maximum absolute atomic E-state index is 13.2. The SMILES string of the molecule is CCC(Nc1nc(N)nc(N)c1C#N)c1nc2cccc(Cl)c2c(=O)n1CCCN. The third-order valence-electron chi connectivity index (χ3n) is 4.65. The lowest BCUT2D eigenvalue weighted by molar-refractivity contribution is 0.550. The lowest BCUT2D eigenvalue weighted by Gasteiger charge is -2.22. The third kappa shape index (κ3) is 3.98. The van der Waals surface area contributed by atoms with Crippen LogP contribution in [-0.4, -0.2) is 26.1 Å². The molecule has 0 aliphatic rings. The first kappa shape index (κ1) is 21.3. The van der Waals surface area contributed by atoms with Crippen LogP contribution < -0.4 is 28.1 Å². The normalized spacial score (nSPS) is 11.9. The van der Waals surface area contributed by atoms with Crippen LogP contribution in [0.4, 0.5) is 17.6 Å². The molecule has 11 heteroatoms. The number of fused-ring (bicyclic) bond motifs is 1. The summed E-state index contributed by atoms with van der Waals surface area (Å²) in [4.78, 5) is 25.9. The Labute approximate surface area is 177 Å². The van der Waals surface area contributed by atoms with Gasteiger partial charge in [0, 0.05) is 6.54 Å². The zero-order valence-corrected chi connectivity index (χ0v) is 17.1. The van der Waals surface area contributed by atoms with Crippen molar-refractivity contribution >= 4 is 40.1 Å². The topological polar surface area (TPSA) is 175 Å². The van der Waals surface area contributed by atoms with Crippen molar-refractivity contribution in [3.63, 3.8) is 0 Å². The van der Waals surface area contributed by atoms with Crippen LogP contribution in [-0.2, 0) is 6.54 Å². The summed E-state index contributed by atoms with van der Waals surface area (Å²) < 4.78 is 1.56. The van der Waals surface area contributed by atoms with Gasteiger partial charge >= 0.3 is 0 Å². The highest BCUT2D eigenvalue weighted by Gasteiger charge is 2.22. The number of nitriles is 1. The summed E-state index contributed by atoms with van der Waals surface area (Å²) in [5.74, 6) is 0.564. The Hall–Kier alpha value is -3.42. The highest BCUT2D eigenvalue weighted by molar-refractivity contribution is 6.35. The smallest absolute Gasteiger partial charge is 0.262 e. The first-order chi connectivity index (χ1) is 14.4. The average Bonchev–Trinajstić information content (AvgIpc) is 2.71. The highest BCUT2D eigenvalue weighted by Crippen LogP contribution is 2.27. The van der Waals surface area contributed by atoms with Crippen molar-refractivity contribution in [2.45, 2.75) is 32.4 Å². The van der Waals surface area contributed by atoms with E-state index in [1.165, 1.54) is 0 Å². The standard InChI is InChI=1S/C19H22ClN9O/c1-2-12(25-16-10(9-22)15(23)27-19(24)28-16)17-26-13-6-3-5-11(20)14(13)18(30)29(17)8-4-7-21/h3,5-6,12H,2,4,7-8,21H2,1H3,(H5,23,24,25,27,28). The minimum atomic E-state index is -0.459. The number of aromatic nitrogens is 4. The summed E-state index contributed by atoms with van der Waals surface area (Å²) in [7, 11) is 0. The number of nitrogens with one attached hydrogen (secondary N) is 1. The van der Waals surface area contributed by atoms with Crippen LogP contribution >= 0.6 is 11.6 Å². The van der Waals surface area contributed by atoms with E-state index >= 15 is 0 Å². The zero-order chi connectivity index (χ0) is 21.8. The quantitative estimate of drug-likeness (QED) is 0.437. The lowest BCUT2D eigenvalue weighted by atomic mass is 10.1. The molecule has 0 bridgehead atoms. The zero-order valence-electron chi connectivity index (χ0n) is 16.4. The number of nitrogen functional groups attached to an aromatic ring is 2. The number of hydrogen-bond donors (Lipinski definition) is 4. The van der Waals surface area contributed by atoms with Gasteiger partial charge in [0.05, 0.1) is 22.0 Å². The predicted octanol–water partition coefficient (Wildman–Crippen LogP) is 1.79. The number of anilines is 3. The molecule has 0 spiro atoms. The van der Waals surface area contributed by atoms with Crippen molar-refractivity contribution in [1.29, 1.82) is 5.26 Å². The Balaban J connectivity index is 2.18. The number of nitrogens with two attached hydrogens (primary N) is 3. The first-order valence-corrected chi connectivity index (χ1v) is 9.77. The fourth-order valence-electron chi connectivity index (χ4n) is 3.20. The maximum atomic E-state index is 13.2. The number of benzene rings is 1. The van der Waals surface area contributed by atoms with E-state index in [1.54, 1.807) is 22.8 Å². The average molecular weight is 428 g/mol. The van der Waals surface area contributed by atoms with Gasteiger partial charge in [0.15, 0.2) is 5.82 Å². The van der Waals surface area contributed by atoms with Crippen LogP contribution in [0.3, 0.4) is 0 Å². The lowest BCUT2D eigenvalue weighted by Crippen LogP contribution is -2.30. The van der Waals surface area contributed by atoms with Gasteiger partial charge in [-0.25, -0.2) is 4.98 Å². The van der Waals surface area contributed by atoms with Crippen LogP contribution in [0.25, 0.3) is 10.9 Å². The van der Waals surface area contributed by atoms with Crippen LogP contribution in [0.2, 0.25) is 5.02 Å². The van der Waals surface area contributed by atoms with Gasteiger partial charge < -0.3 is 22.5 Å². The second-order valence-electron chi connectivity index (χ2n) is 6.61. The van der Waals surface area contributed by atoms with Crippen LogP contribution in [0, 0.1) is 11.3 Å². The van der Waals surface area contributed by atoms with Crippen molar-refractivity contribution < 1.29 is 0 Å². The second-order valence-corrected chi connectivity index (χ2v) is 7.02. The molecule has 2 heterocycles. The maximum Gasteiger partial charge on any atom is 0.262 e. The molecule has 0 saturated carbocycles. The van der Waals surface area contributed by atoms with E-state index in [0.29, 0.717) is 47.7 Å². The Bertz CT molecular complexity index is 1190. The minimum absolute atomic E-state index is 0.0267. The molecule has 10 nitrogen and oxygen atoms in total. The van der Waals surface area contributed by atoms with E-state index in [9.17, 15) is 10.1 Å². The van der Waals surface area contributed by atoms with E-state index in [0.717, 1.165) is 0 Å². The summed E-state index contributed by atoms with van der Waals surface area (Å²) in [5, 5.41) is 13.3. The molecule has 1 atom stereocenters. The molecule has 0 fully saturated rings. The van der Waals surface area contributed by atoms with Gasteiger partial charge in [-0.3, -0.25) is 9.36 Å². The van der Waals surface area contributed by atoms with Crippen molar-refractivity contribution in [3.05, 3.63) is 45.0 Å². The molecule has 3 aromatic rings. The van der Waals surface area contributed by atoms with Crippen molar-refractivity contribution in [2.75, 3.05) is 23.3 Å². The van der Waals surface area contributed by atoms with Crippen LogP contribution in [0.15, 0.2) is 23.0 Å². The van der Waals surface area contributed by atoms with Gasteiger partial charge in [-0.05, 0) is 31.5 Å². The minimum Gasteiger partial charge on any atom is -0.382 e. The molecule has 0 saturated heterocycles. The Kier molecular flexibility index (Phi) is 6.34. The first-order valence-electron chi connectivity index (χ1n) is 9.39. The van der Waals surface area contributed by atoms with Crippen LogP contribution in [0.1, 0.15) is 37.2 Å². The molecule has 0 aliphatic heterocycles. The summed E-state index contributed by atoms with van der Waals surface area (Å²) >= 11 is 6.26. The van der Waals surface area contributed by atoms with E-state index in [1.807, 2.05) is 13.0 Å². The molecule has 156 valence electrons. The van der Waals surface area contributed by atoms with Gasteiger partial charge in [0.1, 0.15) is 23.3 Å². The number of halogens is 1. The monoisotopic (exact) mass is 427 g/mol. The molecule has 7 N–H and O–H groups in total. The predicted molar refractivity (Wildman–Crippen MR) is 117 cm³/mol. The molecule has 0 aliphatic carbocycles. The Morgan fingerprint density at radius 3 is 2.73 bits per heavy atom. The van der Waals surface area contributed by atoms with E-state index in [4.69, 9.17) is 33.8 Å². The number of rotatable bonds is 7. The van der Waals surface area contributed by atoms with Gasteiger partial charge in [-0.1, -0.05) is 24.6 Å². The Morgan fingerprint density at radius 2 is 2.07 bits per heavy atom. The molecule has 0 radical (unpaired) electrons. The number of hydrogen-bond acceptors (Lipinski definition) is 9. The molecule has 1 aromatic carbocycles. The molecule has 2 aromatic heterocycles. The van der Waals surface area contributed by atoms with E-state index < -0.39 is 6.04 Å². The molecule has 1 unspecified atom stereocenters. The molecular formula is C19H22ClN9O. The van der Waals surface area contributed by atoms with Crippen molar-refractivity contribution in [3.8, 4) is 6.07 Å². The fraction of sp³-hybridized carbons (Fsp3) is 0.316. The van der Waals surface area contributed by atoms with Crippen LogP contribution in [0.5, 0.6) is 0 Å². The molecule has 3 rings (SSSR count). The summed E-state index contributed by atoms with van der Waals surface area (Å²) in [6.07, 6.45) is 1.12. The molecule has 0 amide bonds. The van der Waals surface area contributed by atoms with Gasteiger partial charge in [-0.15, -0.1) is 0 Å². The summed E-state index contributed by atoms with van der Waals surface area (Å²) in [6.45, 7) is 2.70. The summed E-state index contributed by atoms with van der Waals surface area (Å²) in [5.41, 5.74) is 17.5. The van der Waals surface area contributed by atoms with Gasteiger partial charge in [0.25, 0.3) is 5.56 Å². The fourth-order valence-corrected chi connectivity index (χ4v) is 3.45. The van der Waals surface area contributed by atoms with Gasteiger partial charge in [0.2, 0.25) is 5.95 Å². The summed E-state index contributed by atoms with van der Waals surface area (Å²) in [6, 6.07) is 6.64. The van der Waals surface area contributed by atoms with Crippen molar-refractivity contribution in [2.24, 2.45) is 5.73 Å². The largest absolute Gasteiger partial charge is 0.382 e. The number of nitrogens with zero attached hydrogens (tertiary/aromatic N) is 5. The van der Waals surface area contributed by atoms with Crippen molar-refractivity contribution in [1.82, 2.24) is 19.5 Å². The molecular weight excluding hydrogens is 406 g/mol. The molecule has 30 heavy (non-hydrogen) atoms. The van der Waals surface area contributed by atoms with Gasteiger partial charge in [-0.2, -0.15) is 15.2 Å². The third-order valence-corrected chi connectivity index (χ3v) is 4.96. The van der Waals surface area contributed by atoms with E-state index in [2.05, 4.69) is 15.3 Å². The Morgan fingerprint density at radius 1 is 1.30 bits per heavy atom. The highest BCUT2D eigenvalue weighted by atomic mass is 35.5. The second kappa shape index (κ2) is 8.94. The van der Waals surface area contributed by atoms with E-state index in [-0.39, 0.29) is 28.7 Å².